The lowest BCUT2D eigenvalue weighted by atomic mass is 10.0. The van der Waals surface area contributed by atoms with Gasteiger partial charge in [0.2, 0.25) is 0 Å². The fourth-order valence-corrected chi connectivity index (χ4v) is 7.00. The van der Waals surface area contributed by atoms with Gasteiger partial charge in [0.25, 0.3) is 5.91 Å². The molecule has 2 saturated heterocycles. The van der Waals surface area contributed by atoms with Crippen molar-refractivity contribution in [3.05, 3.63) is 42.0 Å². The molecule has 1 aliphatic carbocycles. The van der Waals surface area contributed by atoms with Crippen LogP contribution in [0.15, 0.2) is 35.5 Å². The van der Waals surface area contributed by atoms with Gasteiger partial charge in [0.1, 0.15) is 5.82 Å². The molecule has 4 atom stereocenters. The highest BCUT2D eigenvalue weighted by molar-refractivity contribution is 7.98. The average molecular weight is 495 g/mol. The second-order valence-corrected chi connectivity index (χ2v) is 11.8. The fraction of sp³-hybridized carbons (Fsp3) is 0.520. The molecule has 7 nitrogen and oxygen atoms in total. The van der Waals surface area contributed by atoms with Gasteiger partial charge in [-0.05, 0) is 61.5 Å². The van der Waals surface area contributed by atoms with Crippen molar-refractivity contribution in [2.45, 2.75) is 36.6 Å². The van der Waals surface area contributed by atoms with E-state index in [0.717, 1.165) is 77.1 Å². The minimum atomic E-state index is 0.158. The van der Waals surface area contributed by atoms with E-state index in [0.29, 0.717) is 23.8 Å². The van der Waals surface area contributed by atoms with Crippen molar-refractivity contribution in [3.8, 4) is 0 Å². The topological polar surface area (TPSA) is 83.0 Å². The Hall–Kier alpha value is -2.23. The van der Waals surface area contributed by atoms with Gasteiger partial charge in [-0.3, -0.25) is 4.79 Å². The number of benzene rings is 1. The van der Waals surface area contributed by atoms with Crippen LogP contribution in [-0.2, 0) is 6.42 Å². The molecule has 0 unspecified atom stereocenters. The third kappa shape index (κ3) is 4.53. The number of aromatic nitrogens is 3. The van der Waals surface area contributed by atoms with E-state index in [1.165, 1.54) is 6.42 Å². The molecule has 1 saturated carbocycles. The van der Waals surface area contributed by atoms with Gasteiger partial charge < -0.3 is 15.5 Å². The number of thiazole rings is 1. The molecule has 178 valence electrons. The first-order chi connectivity index (χ1) is 16.6. The molecule has 3 aromatic rings. The average Bonchev–Trinajstić information content (AvgIpc) is 3.62. The maximum atomic E-state index is 13.1. The number of nitrogens with zero attached hydrogens (tertiary/aromatic N) is 4. The molecule has 1 amide bonds. The SMILES string of the molecule is CSc1cnc(C[C@H]2CC[C@H](Nc3nc4ccc(C(=O)N5C[C@H]6CNC[C@H]6C5)cc4s3)C2)nc1. The van der Waals surface area contributed by atoms with Gasteiger partial charge in [0.15, 0.2) is 5.13 Å². The van der Waals surface area contributed by atoms with Crippen LogP contribution in [0.5, 0.6) is 0 Å². The van der Waals surface area contributed by atoms with Crippen molar-refractivity contribution < 1.29 is 4.79 Å². The van der Waals surface area contributed by atoms with Crippen LogP contribution in [0.1, 0.15) is 35.4 Å². The van der Waals surface area contributed by atoms with Gasteiger partial charge >= 0.3 is 0 Å². The minimum absolute atomic E-state index is 0.158. The molecule has 4 heterocycles. The lowest BCUT2D eigenvalue weighted by molar-refractivity contribution is 0.0782. The number of amides is 1. The predicted molar refractivity (Wildman–Crippen MR) is 138 cm³/mol. The maximum Gasteiger partial charge on any atom is 0.253 e. The summed E-state index contributed by atoms with van der Waals surface area (Å²) < 4.78 is 1.08. The van der Waals surface area contributed by atoms with E-state index in [-0.39, 0.29) is 5.91 Å². The Labute approximate surface area is 208 Å². The summed E-state index contributed by atoms with van der Waals surface area (Å²) in [6, 6.07) is 6.39. The molecular weight excluding hydrogens is 464 g/mol. The second-order valence-electron chi connectivity index (χ2n) is 9.85. The van der Waals surface area contributed by atoms with Crippen LogP contribution in [0.3, 0.4) is 0 Å². The molecule has 2 aromatic heterocycles. The molecule has 34 heavy (non-hydrogen) atoms. The van der Waals surface area contributed by atoms with Gasteiger partial charge in [-0.2, -0.15) is 0 Å². The first kappa shape index (κ1) is 22.2. The Kier molecular flexibility index (Phi) is 6.17. The molecule has 6 rings (SSSR count). The van der Waals surface area contributed by atoms with Gasteiger partial charge in [0.05, 0.1) is 10.2 Å². The van der Waals surface area contributed by atoms with Gasteiger partial charge in [-0.25, -0.2) is 15.0 Å². The Morgan fingerprint density at radius 3 is 2.76 bits per heavy atom. The number of rotatable bonds is 6. The van der Waals surface area contributed by atoms with E-state index < -0.39 is 0 Å². The summed E-state index contributed by atoms with van der Waals surface area (Å²) in [7, 11) is 0. The Balaban J connectivity index is 1.07. The van der Waals surface area contributed by atoms with E-state index in [2.05, 4.69) is 20.6 Å². The van der Waals surface area contributed by atoms with E-state index in [9.17, 15) is 4.79 Å². The van der Waals surface area contributed by atoms with Crippen LogP contribution in [0, 0.1) is 17.8 Å². The molecule has 3 aliphatic rings. The zero-order valence-electron chi connectivity index (χ0n) is 19.4. The van der Waals surface area contributed by atoms with Crippen molar-refractivity contribution in [3.63, 3.8) is 0 Å². The summed E-state index contributed by atoms with van der Waals surface area (Å²) in [6.45, 7) is 3.83. The van der Waals surface area contributed by atoms with E-state index >= 15 is 0 Å². The highest BCUT2D eigenvalue weighted by atomic mass is 32.2. The molecule has 0 spiro atoms. The smallest absolute Gasteiger partial charge is 0.253 e. The highest BCUT2D eigenvalue weighted by Gasteiger charge is 2.38. The second kappa shape index (κ2) is 9.43. The number of fused-ring (bicyclic) bond motifs is 2. The molecule has 3 fully saturated rings. The third-order valence-corrected chi connectivity index (χ3v) is 9.20. The minimum Gasteiger partial charge on any atom is -0.359 e. The normalized spacial score (nSPS) is 26.3. The van der Waals surface area contributed by atoms with Crippen molar-refractivity contribution in [2.24, 2.45) is 17.8 Å². The first-order valence-electron chi connectivity index (χ1n) is 12.2. The number of carbonyl (C=O) groups excluding carboxylic acids is 1. The number of nitrogens with one attached hydrogen (secondary N) is 2. The molecule has 2 aliphatic heterocycles. The first-order valence-corrected chi connectivity index (χ1v) is 14.2. The number of anilines is 1. The summed E-state index contributed by atoms with van der Waals surface area (Å²) in [6.07, 6.45) is 10.3. The Morgan fingerprint density at radius 1 is 1.21 bits per heavy atom. The van der Waals surface area contributed by atoms with Crippen molar-refractivity contribution in [1.82, 2.24) is 25.2 Å². The Bertz CT molecular complexity index is 1170. The molecule has 1 aromatic carbocycles. The van der Waals surface area contributed by atoms with Crippen LogP contribution >= 0.6 is 23.1 Å². The molecular formula is C25H30N6OS2. The number of hydrogen-bond acceptors (Lipinski definition) is 8. The molecule has 2 N–H and O–H groups in total. The van der Waals surface area contributed by atoms with E-state index in [1.807, 2.05) is 41.7 Å². The number of likely N-dealkylation sites (tertiary alicyclic amines) is 1. The van der Waals surface area contributed by atoms with E-state index in [4.69, 9.17) is 4.98 Å². The molecule has 9 heteroatoms. The van der Waals surface area contributed by atoms with Gasteiger partial charge in [-0.1, -0.05) is 11.3 Å². The van der Waals surface area contributed by atoms with Crippen molar-refractivity contribution in [2.75, 3.05) is 37.8 Å². The summed E-state index contributed by atoms with van der Waals surface area (Å²) in [5.41, 5.74) is 1.74. The monoisotopic (exact) mass is 494 g/mol. The lowest BCUT2D eigenvalue weighted by Gasteiger charge is -2.17. The Morgan fingerprint density at radius 2 is 2.00 bits per heavy atom. The zero-order chi connectivity index (χ0) is 23.1. The fourth-order valence-electron chi connectivity index (χ4n) is 5.70. The molecule has 0 radical (unpaired) electrons. The highest BCUT2D eigenvalue weighted by Crippen LogP contribution is 2.34. The third-order valence-electron chi connectivity index (χ3n) is 7.57. The van der Waals surface area contributed by atoms with Crippen LogP contribution in [-0.4, -0.2) is 64.2 Å². The van der Waals surface area contributed by atoms with Crippen LogP contribution in [0.4, 0.5) is 5.13 Å². The van der Waals surface area contributed by atoms with Gasteiger partial charge in [0, 0.05) is 61.5 Å². The number of carbonyl (C=O) groups is 1. The summed E-state index contributed by atoms with van der Waals surface area (Å²) in [5, 5.41) is 8.05. The summed E-state index contributed by atoms with van der Waals surface area (Å²) in [4.78, 5) is 30.1. The quantitative estimate of drug-likeness (QED) is 0.503. The van der Waals surface area contributed by atoms with Crippen LogP contribution in [0.2, 0.25) is 0 Å². The van der Waals surface area contributed by atoms with Crippen LogP contribution in [0.25, 0.3) is 10.2 Å². The van der Waals surface area contributed by atoms with Crippen LogP contribution < -0.4 is 10.6 Å². The summed E-state index contributed by atoms with van der Waals surface area (Å²) in [5.74, 6) is 2.93. The van der Waals surface area contributed by atoms with Crippen molar-refractivity contribution >= 4 is 44.4 Å². The largest absolute Gasteiger partial charge is 0.359 e. The lowest BCUT2D eigenvalue weighted by Crippen LogP contribution is -2.31. The number of thioether (sulfide) groups is 1. The van der Waals surface area contributed by atoms with E-state index in [1.54, 1.807) is 23.1 Å². The predicted octanol–water partition coefficient (Wildman–Crippen LogP) is 3.92. The van der Waals surface area contributed by atoms with Gasteiger partial charge in [-0.15, -0.1) is 11.8 Å². The number of hydrogen-bond donors (Lipinski definition) is 2. The van der Waals surface area contributed by atoms with Crippen molar-refractivity contribution in [1.29, 1.82) is 0 Å². The maximum absolute atomic E-state index is 13.1. The molecule has 0 bridgehead atoms. The summed E-state index contributed by atoms with van der Waals surface area (Å²) >= 11 is 3.33. The zero-order valence-corrected chi connectivity index (χ0v) is 21.0. The standard InChI is InChI=1S/C25H30N6OS2/c1-33-20-11-27-23(28-12-20)7-15-2-4-19(6-15)29-25-30-21-5-3-16(8-22(21)34-25)24(32)31-13-17-9-26-10-18(17)14-31/h3,5,8,11-12,15,17-19,26H,2,4,6-7,9-10,13-14H2,1H3,(H,29,30)/t15-,17-,18+,19-/m0/s1.